The van der Waals surface area contributed by atoms with Gasteiger partial charge in [-0.05, 0) is 35.9 Å². The molecule has 27 heavy (non-hydrogen) atoms. The van der Waals surface area contributed by atoms with Gasteiger partial charge in [0.25, 0.3) is 0 Å². The van der Waals surface area contributed by atoms with E-state index in [-0.39, 0.29) is 16.1 Å². The van der Waals surface area contributed by atoms with E-state index in [1.165, 1.54) is 29.9 Å². The van der Waals surface area contributed by atoms with Crippen molar-refractivity contribution >= 4 is 45.2 Å². The summed E-state index contributed by atoms with van der Waals surface area (Å²) in [5, 5.41) is 11.7. The minimum absolute atomic E-state index is 0.00682. The summed E-state index contributed by atoms with van der Waals surface area (Å²) in [6, 6.07) is 9.64. The molecule has 0 aliphatic rings. The van der Waals surface area contributed by atoms with Gasteiger partial charge in [-0.3, -0.25) is 14.2 Å². The molecule has 0 atom stereocenters. The number of hydrogen-bond acceptors (Lipinski definition) is 5. The first-order valence-electron chi connectivity index (χ1n) is 7.90. The van der Waals surface area contributed by atoms with Crippen LogP contribution >= 0.6 is 11.3 Å². The van der Waals surface area contributed by atoms with Gasteiger partial charge < -0.3 is 15.2 Å². The smallest absolute Gasteiger partial charge is 0.337 e. The Bertz CT molecular complexity index is 1130. The molecule has 0 saturated heterocycles. The highest BCUT2D eigenvalue weighted by Gasteiger charge is 2.13. The lowest BCUT2D eigenvalue weighted by Crippen LogP contribution is -2.11. The first-order chi connectivity index (χ1) is 12.9. The second kappa shape index (κ2) is 7.46. The van der Waals surface area contributed by atoms with Gasteiger partial charge in [0.05, 0.1) is 23.1 Å². The summed E-state index contributed by atoms with van der Waals surface area (Å²) >= 11 is 1.06. The summed E-state index contributed by atoms with van der Waals surface area (Å²) in [4.78, 5) is 35.3. The summed E-state index contributed by atoms with van der Waals surface area (Å²) in [5.41, 5.74) is 1.57. The van der Waals surface area contributed by atoms with E-state index in [1.807, 2.05) is 0 Å². The Morgan fingerprint density at radius 2 is 1.96 bits per heavy atom. The number of ether oxygens (including phenoxy) is 1. The van der Waals surface area contributed by atoms with Crippen molar-refractivity contribution in [1.82, 2.24) is 4.57 Å². The number of benzene rings is 2. The van der Waals surface area contributed by atoms with Crippen molar-refractivity contribution in [3.8, 4) is 5.75 Å². The van der Waals surface area contributed by atoms with Crippen molar-refractivity contribution < 1.29 is 19.4 Å². The minimum atomic E-state index is -1.12. The molecule has 138 valence electrons. The summed E-state index contributed by atoms with van der Waals surface area (Å²) in [6.07, 6.45) is 2.88. The van der Waals surface area contributed by atoms with Crippen LogP contribution < -0.4 is 14.9 Å². The fourth-order valence-electron chi connectivity index (χ4n) is 2.66. The maximum Gasteiger partial charge on any atom is 0.337 e. The number of thiazole rings is 1. The third-order valence-corrected chi connectivity index (χ3v) is 5.05. The van der Waals surface area contributed by atoms with Crippen molar-refractivity contribution in [3.05, 3.63) is 63.3 Å². The molecular formula is C19H16N2O5S. The van der Waals surface area contributed by atoms with Crippen molar-refractivity contribution in [2.75, 3.05) is 12.4 Å². The number of aromatic nitrogens is 1. The fourth-order valence-corrected chi connectivity index (χ4v) is 3.65. The van der Waals surface area contributed by atoms with Crippen LogP contribution in [-0.4, -0.2) is 28.7 Å². The van der Waals surface area contributed by atoms with Crippen LogP contribution in [0.15, 0.2) is 47.3 Å². The molecule has 8 heteroatoms. The standard InChI is InChI=1S/C19H16N2O5S/c1-21-16-14(26-2)9-7-11(17(16)27-19(21)25)8-10-15(22)20-13-6-4-3-5-12(13)18(23)24/h3-10H,1-2H3,(H,20,22)(H,23,24)/b10-8+. The number of nitrogens with zero attached hydrogens (tertiary/aromatic N) is 1. The van der Waals surface area contributed by atoms with Gasteiger partial charge in [-0.15, -0.1) is 0 Å². The topological polar surface area (TPSA) is 97.6 Å². The van der Waals surface area contributed by atoms with Crippen LogP contribution in [-0.2, 0) is 11.8 Å². The van der Waals surface area contributed by atoms with Crippen LogP contribution in [0.1, 0.15) is 15.9 Å². The van der Waals surface area contributed by atoms with Gasteiger partial charge in [0.1, 0.15) is 11.3 Å². The van der Waals surface area contributed by atoms with Gasteiger partial charge in [0.2, 0.25) is 5.91 Å². The maximum atomic E-state index is 12.2. The number of fused-ring (bicyclic) bond motifs is 1. The van der Waals surface area contributed by atoms with Gasteiger partial charge in [0.15, 0.2) is 0 Å². The Hall–Kier alpha value is -3.39. The van der Waals surface area contributed by atoms with Crippen molar-refractivity contribution in [1.29, 1.82) is 0 Å². The van der Waals surface area contributed by atoms with E-state index in [0.717, 1.165) is 11.3 Å². The number of rotatable bonds is 5. The summed E-state index contributed by atoms with van der Waals surface area (Å²) in [6.45, 7) is 0. The van der Waals surface area contributed by atoms with E-state index in [2.05, 4.69) is 5.32 Å². The molecule has 2 aromatic carbocycles. The predicted molar refractivity (Wildman–Crippen MR) is 105 cm³/mol. The highest BCUT2D eigenvalue weighted by Crippen LogP contribution is 2.30. The fraction of sp³-hybridized carbons (Fsp3) is 0.105. The molecular weight excluding hydrogens is 368 g/mol. The maximum absolute atomic E-state index is 12.2. The molecule has 0 spiro atoms. The molecule has 1 aromatic heterocycles. The van der Waals surface area contributed by atoms with Gasteiger partial charge in [0, 0.05) is 13.1 Å². The molecule has 0 bridgehead atoms. The number of amides is 1. The summed E-state index contributed by atoms with van der Waals surface area (Å²) in [5.74, 6) is -1.03. The SMILES string of the molecule is COc1ccc(/C=C/C(=O)Nc2ccccc2C(=O)O)c2sc(=O)n(C)c12. The Morgan fingerprint density at radius 3 is 2.67 bits per heavy atom. The number of aromatic carboxylic acids is 1. The van der Waals surface area contributed by atoms with Crippen LogP contribution in [0, 0.1) is 0 Å². The van der Waals surface area contributed by atoms with E-state index in [4.69, 9.17) is 4.74 Å². The Kier molecular flexibility index (Phi) is 5.09. The lowest BCUT2D eigenvalue weighted by Gasteiger charge is -2.07. The Balaban J connectivity index is 1.91. The summed E-state index contributed by atoms with van der Waals surface area (Å²) < 4.78 is 7.51. The number of anilines is 1. The van der Waals surface area contributed by atoms with Gasteiger partial charge in [-0.2, -0.15) is 0 Å². The number of carbonyl (C=O) groups is 2. The lowest BCUT2D eigenvalue weighted by molar-refractivity contribution is -0.111. The van der Waals surface area contributed by atoms with E-state index in [1.54, 1.807) is 37.4 Å². The zero-order valence-electron chi connectivity index (χ0n) is 14.6. The molecule has 0 saturated carbocycles. The first-order valence-corrected chi connectivity index (χ1v) is 8.72. The van der Waals surface area contributed by atoms with E-state index < -0.39 is 11.9 Å². The average molecular weight is 384 g/mol. The highest BCUT2D eigenvalue weighted by atomic mass is 32.1. The molecule has 3 aromatic rings. The number of aryl methyl sites for hydroxylation is 1. The third kappa shape index (κ3) is 3.61. The molecule has 0 aliphatic heterocycles. The van der Waals surface area contributed by atoms with Crippen LogP contribution in [0.2, 0.25) is 0 Å². The number of carboxylic acid groups (broad SMARTS) is 1. The van der Waals surface area contributed by atoms with E-state index in [0.29, 0.717) is 21.5 Å². The number of carbonyl (C=O) groups excluding carboxylic acids is 1. The van der Waals surface area contributed by atoms with E-state index in [9.17, 15) is 19.5 Å². The first kappa shape index (κ1) is 18.4. The second-order valence-corrected chi connectivity index (χ2v) is 6.60. The zero-order chi connectivity index (χ0) is 19.6. The highest BCUT2D eigenvalue weighted by molar-refractivity contribution is 7.16. The van der Waals surface area contributed by atoms with Gasteiger partial charge in [-0.1, -0.05) is 23.5 Å². The molecule has 1 amide bonds. The Labute approximate surface area is 158 Å². The number of nitrogens with one attached hydrogen (secondary N) is 1. The largest absolute Gasteiger partial charge is 0.495 e. The Morgan fingerprint density at radius 1 is 1.22 bits per heavy atom. The quantitative estimate of drug-likeness (QED) is 0.659. The second-order valence-electron chi connectivity index (χ2n) is 5.64. The zero-order valence-corrected chi connectivity index (χ0v) is 15.4. The number of hydrogen-bond donors (Lipinski definition) is 2. The molecule has 2 N–H and O–H groups in total. The van der Waals surface area contributed by atoms with Crippen LogP contribution in [0.4, 0.5) is 5.69 Å². The lowest BCUT2D eigenvalue weighted by atomic mass is 10.1. The number of para-hydroxylation sites is 1. The van der Waals surface area contributed by atoms with Gasteiger partial charge in [-0.25, -0.2) is 4.79 Å². The molecule has 1 heterocycles. The molecule has 7 nitrogen and oxygen atoms in total. The van der Waals surface area contributed by atoms with Crippen LogP contribution in [0.25, 0.3) is 16.3 Å². The van der Waals surface area contributed by atoms with Crippen molar-refractivity contribution in [2.24, 2.45) is 7.05 Å². The van der Waals surface area contributed by atoms with Crippen LogP contribution in [0.5, 0.6) is 5.75 Å². The molecule has 0 aliphatic carbocycles. The monoisotopic (exact) mass is 384 g/mol. The third-order valence-electron chi connectivity index (χ3n) is 3.97. The molecule has 3 rings (SSSR count). The van der Waals surface area contributed by atoms with Crippen LogP contribution in [0.3, 0.4) is 0 Å². The molecule has 0 unspecified atom stereocenters. The average Bonchev–Trinajstić information content (AvgIpc) is 2.95. The summed E-state index contributed by atoms with van der Waals surface area (Å²) in [7, 11) is 3.19. The molecule has 0 radical (unpaired) electrons. The minimum Gasteiger partial charge on any atom is -0.495 e. The molecule has 0 fully saturated rings. The normalized spacial score (nSPS) is 11.0. The number of carboxylic acids is 1. The number of methoxy groups -OCH3 is 1. The predicted octanol–water partition coefficient (Wildman–Crippen LogP) is 2.96. The van der Waals surface area contributed by atoms with Gasteiger partial charge >= 0.3 is 10.8 Å². The van der Waals surface area contributed by atoms with Crippen molar-refractivity contribution in [2.45, 2.75) is 0 Å². The van der Waals surface area contributed by atoms with E-state index >= 15 is 0 Å². The van der Waals surface area contributed by atoms with Crippen molar-refractivity contribution in [3.63, 3.8) is 0 Å².